The summed E-state index contributed by atoms with van der Waals surface area (Å²) in [5.74, 6) is 0. The van der Waals surface area contributed by atoms with Crippen LogP contribution in [0.5, 0.6) is 0 Å². The van der Waals surface area contributed by atoms with Gasteiger partial charge in [0.2, 0.25) is 0 Å². The van der Waals surface area contributed by atoms with Gasteiger partial charge in [-0.05, 0) is 98.8 Å². The summed E-state index contributed by atoms with van der Waals surface area (Å²) >= 11 is 0. The van der Waals surface area contributed by atoms with E-state index < -0.39 is 0 Å². The van der Waals surface area contributed by atoms with Crippen LogP contribution in [0, 0.1) is 0 Å². The number of hydrogen-bond acceptors (Lipinski definition) is 2. The van der Waals surface area contributed by atoms with Gasteiger partial charge in [0.15, 0.2) is 0 Å². The van der Waals surface area contributed by atoms with E-state index in [1.54, 1.807) is 0 Å². The zero-order chi connectivity index (χ0) is 31.9. The van der Waals surface area contributed by atoms with Crippen LogP contribution in [0.25, 0.3) is 66.1 Å². The Morgan fingerprint density at radius 1 is 0.312 bits per heavy atom. The lowest BCUT2D eigenvalue weighted by molar-refractivity contribution is 0.669. The summed E-state index contributed by atoms with van der Waals surface area (Å²) in [6.45, 7) is 0. The molecule has 0 aliphatic heterocycles. The van der Waals surface area contributed by atoms with Crippen molar-refractivity contribution in [1.82, 2.24) is 0 Å². The van der Waals surface area contributed by atoms with Crippen molar-refractivity contribution in [2.45, 2.75) is 0 Å². The molecule has 0 aliphatic rings. The fourth-order valence-corrected chi connectivity index (χ4v) is 6.87. The number of benzene rings is 8. The number of fused-ring (bicyclic) bond motifs is 5. The number of nitrogens with zero attached hydrogens (tertiary/aromatic N) is 1. The third kappa shape index (κ3) is 5.01. The Morgan fingerprint density at radius 3 is 1.62 bits per heavy atom. The standard InChI is InChI=1S/C46H31NO/c1-3-10-32(11-4-1)33-22-26-40(27-23-33)47(39-13-5-2-6-14-39)41-15-9-12-36(31-41)34-18-20-35(21-19-34)37-24-28-42-38(30-37)25-29-45-46(42)43-16-7-8-17-44(43)48-45/h1-31H. The summed E-state index contributed by atoms with van der Waals surface area (Å²) < 4.78 is 6.12. The lowest BCUT2D eigenvalue weighted by atomic mass is 9.96. The molecule has 8 aromatic carbocycles. The van der Waals surface area contributed by atoms with Crippen molar-refractivity contribution < 1.29 is 4.42 Å². The van der Waals surface area contributed by atoms with Crippen molar-refractivity contribution in [3.63, 3.8) is 0 Å². The molecule has 9 aromatic rings. The summed E-state index contributed by atoms with van der Waals surface area (Å²) in [5.41, 5.74) is 12.4. The average molecular weight is 614 g/mol. The normalized spacial score (nSPS) is 11.3. The highest BCUT2D eigenvalue weighted by atomic mass is 16.3. The van der Waals surface area contributed by atoms with Crippen LogP contribution >= 0.6 is 0 Å². The molecule has 226 valence electrons. The Kier molecular flexibility index (Phi) is 6.84. The Balaban J connectivity index is 1.04. The minimum atomic E-state index is 0.927. The lowest BCUT2D eigenvalue weighted by Gasteiger charge is -2.26. The summed E-state index contributed by atoms with van der Waals surface area (Å²) in [6, 6.07) is 66.9. The Bertz CT molecular complexity index is 2530. The van der Waals surface area contributed by atoms with E-state index in [2.05, 4.69) is 181 Å². The van der Waals surface area contributed by atoms with Gasteiger partial charge in [-0.3, -0.25) is 0 Å². The van der Waals surface area contributed by atoms with Crippen molar-refractivity contribution in [3.05, 3.63) is 188 Å². The SMILES string of the molecule is c1ccc(-c2ccc(N(c3ccccc3)c3cccc(-c4ccc(-c5ccc6c(ccc7oc8ccccc8c76)c5)cc4)c3)cc2)cc1. The van der Waals surface area contributed by atoms with Gasteiger partial charge in [0.05, 0.1) is 0 Å². The van der Waals surface area contributed by atoms with E-state index in [-0.39, 0.29) is 0 Å². The summed E-state index contributed by atoms with van der Waals surface area (Å²) in [7, 11) is 0. The van der Waals surface area contributed by atoms with Gasteiger partial charge in [-0.1, -0.05) is 133 Å². The highest BCUT2D eigenvalue weighted by Crippen LogP contribution is 2.39. The molecule has 0 amide bonds. The smallest absolute Gasteiger partial charge is 0.136 e. The number of anilines is 3. The topological polar surface area (TPSA) is 16.4 Å². The first kappa shape index (κ1) is 27.9. The molecule has 0 fully saturated rings. The van der Waals surface area contributed by atoms with Gasteiger partial charge in [-0.2, -0.15) is 0 Å². The van der Waals surface area contributed by atoms with Gasteiger partial charge in [-0.25, -0.2) is 0 Å². The predicted octanol–water partition coefficient (Wildman–Crippen LogP) is 13.2. The second-order valence-electron chi connectivity index (χ2n) is 12.2. The molecular formula is C46H31NO. The first-order valence-electron chi connectivity index (χ1n) is 16.3. The van der Waals surface area contributed by atoms with E-state index in [0.717, 1.165) is 33.6 Å². The second kappa shape index (κ2) is 11.8. The van der Waals surface area contributed by atoms with Crippen LogP contribution in [0.1, 0.15) is 0 Å². The molecule has 0 saturated heterocycles. The first-order chi connectivity index (χ1) is 23.8. The van der Waals surface area contributed by atoms with Gasteiger partial charge in [0, 0.05) is 27.8 Å². The molecule has 9 rings (SSSR count). The van der Waals surface area contributed by atoms with E-state index in [1.165, 1.54) is 49.5 Å². The maximum absolute atomic E-state index is 6.12. The molecule has 0 aliphatic carbocycles. The molecule has 1 heterocycles. The van der Waals surface area contributed by atoms with Crippen LogP contribution in [-0.2, 0) is 0 Å². The molecule has 0 N–H and O–H groups in total. The molecule has 48 heavy (non-hydrogen) atoms. The number of rotatable bonds is 6. The van der Waals surface area contributed by atoms with Crippen LogP contribution in [0.2, 0.25) is 0 Å². The third-order valence-corrected chi connectivity index (χ3v) is 9.26. The van der Waals surface area contributed by atoms with Crippen LogP contribution in [-0.4, -0.2) is 0 Å². The summed E-state index contributed by atoms with van der Waals surface area (Å²) in [6.07, 6.45) is 0. The fourth-order valence-electron chi connectivity index (χ4n) is 6.87. The number of hydrogen-bond donors (Lipinski definition) is 0. The Labute approximate surface area is 279 Å². The van der Waals surface area contributed by atoms with Crippen LogP contribution in [0.3, 0.4) is 0 Å². The number of furan rings is 1. The summed E-state index contributed by atoms with van der Waals surface area (Å²) in [4.78, 5) is 2.32. The molecule has 0 unspecified atom stereocenters. The van der Waals surface area contributed by atoms with Crippen LogP contribution in [0.4, 0.5) is 17.1 Å². The highest BCUT2D eigenvalue weighted by molar-refractivity contribution is 6.19. The highest BCUT2D eigenvalue weighted by Gasteiger charge is 2.14. The number of para-hydroxylation sites is 2. The van der Waals surface area contributed by atoms with Crippen molar-refractivity contribution in [2.24, 2.45) is 0 Å². The molecular weight excluding hydrogens is 583 g/mol. The average Bonchev–Trinajstić information content (AvgIpc) is 3.55. The van der Waals surface area contributed by atoms with Gasteiger partial charge >= 0.3 is 0 Å². The molecule has 2 nitrogen and oxygen atoms in total. The Hall–Kier alpha value is -6.38. The van der Waals surface area contributed by atoms with Crippen molar-refractivity contribution in [3.8, 4) is 33.4 Å². The monoisotopic (exact) mass is 613 g/mol. The van der Waals surface area contributed by atoms with E-state index in [0.29, 0.717) is 0 Å². The van der Waals surface area contributed by atoms with Gasteiger partial charge < -0.3 is 9.32 Å². The third-order valence-electron chi connectivity index (χ3n) is 9.26. The van der Waals surface area contributed by atoms with Gasteiger partial charge in [0.25, 0.3) is 0 Å². The second-order valence-corrected chi connectivity index (χ2v) is 12.2. The summed E-state index contributed by atoms with van der Waals surface area (Å²) in [5, 5.41) is 4.77. The van der Waals surface area contributed by atoms with E-state index >= 15 is 0 Å². The van der Waals surface area contributed by atoms with Crippen LogP contribution in [0.15, 0.2) is 192 Å². The van der Waals surface area contributed by atoms with Crippen molar-refractivity contribution in [2.75, 3.05) is 4.90 Å². The maximum Gasteiger partial charge on any atom is 0.136 e. The van der Waals surface area contributed by atoms with Gasteiger partial charge in [-0.15, -0.1) is 0 Å². The lowest BCUT2D eigenvalue weighted by Crippen LogP contribution is -2.09. The molecule has 2 heteroatoms. The van der Waals surface area contributed by atoms with Crippen molar-refractivity contribution in [1.29, 1.82) is 0 Å². The van der Waals surface area contributed by atoms with E-state index in [1.807, 2.05) is 12.1 Å². The minimum absolute atomic E-state index is 0.927. The molecule has 0 radical (unpaired) electrons. The predicted molar refractivity (Wildman–Crippen MR) is 202 cm³/mol. The van der Waals surface area contributed by atoms with E-state index in [4.69, 9.17) is 4.42 Å². The first-order valence-corrected chi connectivity index (χ1v) is 16.3. The van der Waals surface area contributed by atoms with E-state index in [9.17, 15) is 0 Å². The molecule has 0 atom stereocenters. The minimum Gasteiger partial charge on any atom is -0.456 e. The molecule has 1 aromatic heterocycles. The molecule has 0 bridgehead atoms. The van der Waals surface area contributed by atoms with Crippen LogP contribution < -0.4 is 4.90 Å². The Morgan fingerprint density at radius 2 is 0.854 bits per heavy atom. The maximum atomic E-state index is 6.12. The van der Waals surface area contributed by atoms with Crippen molar-refractivity contribution >= 4 is 49.8 Å². The zero-order valence-electron chi connectivity index (χ0n) is 26.3. The molecule has 0 saturated carbocycles. The fraction of sp³-hybridized carbons (Fsp3) is 0. The van der Waals surface area contributed by atoms with Gasteiger partial charge in [0.1, 0.15) is 11.2 Å². The molecule has 0 spiro atoms. The zero-order valence-corrected chi connectivity index (χ0v) is 26.3. The largest absolute Gasteiger partial charge is 0.456 e. The quantitative estimate of drug-likeness (QED) is 0.185.